The van der Waals surface area contributed by atoms with Crippen LogP contribution in [0.15, 0.2) is 74.2 Å². The molecular formula is C38H49FIN10O7S-. The molecule has 2 aromatic carbocycles. The van der Waals surface area contributed by atoms with E-state index in [1.807, 2.05) is 12.1 Å². The summed E-state index contributed by atoms with van der Waals surface area (Å²) in [6, 6.07) is 9.18. The summed E-state index contributed by atoms with van der Waals surface area (Å²) in [5, 5.41) is 34.3. The minimum atomic E-state index is -1.62. The van der Waals surface area contributed by atoms with Gasteiger partial charge >= 0.3 is 252 Å². The zero-order valence-corrected chi connectivity index (χ0v) is 36.3. The van der Waals surface area contributed by atoms with Gasteiger partial charge in [-0.1, -0.05) is 13.8 Å². The van der Waals surface area contributed by atoms with Crippen molar-refractivity contribution >= 4 is 47.0 Å². The fraction of sp³-hybridized carbons (Fsp3) is 0.447. The number of benzene rings is 2. The first-order valence-electron chi connectivity index (χ1n) is 18.5. The number of alkyl carbamates (subject to hydrolysis) is 1. The van der Waals surface area contributed by atoms with Crippen molar-refractivity contribution in [3.8, 4) is 0 Å². The molecule has 0 radical (unpaired) electrons. The van der Waals surface area contributed by atoms with Crippen molar-refractivity contribution in [3.63, 3.8) is 0 Å². The number of allylic oxidation sites excluding steroid dienone is 2. The number of nitro groups is 1. The number of ether oxygens (including phenoxy) is 1. The van der Waals surface area contributed by atoms with Crippen LogP contribution in [0.1, 0.15) is 83.1 Å². The van der Waals surface area contributed by atoms with Crippen molar-refractivity contribution in [1.29, 1.82) is 0 Å². The number of hydrogen-bond donors (Lipinski definition) is 5. The molecular weight excluding hydrogens is 886 g/mol. The van der Waals surface area contributed by atoms with Crippen molar-refractivity contribution in [1.82, 2.24) is 39.7 Å². The molecule has 20 heteroatoms. The Labute approximate surface area is 350 Å². The van der Waals surface area contributed by atoms with Crippen LogP contribution in [0.3, 0.4) is 0 Å². The third kappa shape index (κ3) is 14.1. The van der Waals surface area contributed by atoms with Gasteiger partial charge in [-0.2, -0.15) is 0 Å². The number of anilines is 1. The molecule has 17 nitrogen and oxygen atoms in total. The van der Waals surface area contributed by atoms with Gasteiger partial charge in [-0.05, 0) is 33.6 Å². The van der Waals surface area contributed by atoms with Gasteiger partial charge in [0.05, 0.1) is 0 Å². The number of nitro benzene ring substituents is 1. The Balaban J connectivity index is 1.33. The molecule has 2 atom stereocenters. The van der Waals surface area contributed by atoms with Crippen molar-refractivity contribution in [2.45, 2.75) is 102 Å². The summed E-state index contributed by atoms with van der Waals surface area (Å²) in [7, 11) is 1.62. The Morgan fingerprint density at radius 1 is 1.07 bits per heavy atom. The second kappa shape index (κ2) is 21.0. The Morgan fingerprint density at radius 2 is 1.76 bits per heavy atom. The average Bonchev–Trinajstić information content (AvgIpc) is 3.84. The quantitative estimate of drug-likeness (QED) is 0.0434. The molecule has 1 fully saturated rings. The Hall–Kier alpha value is -5.12. The van der Waals surface area contributed by atoms with Crippen molar-refractivity contribution in [2.75, 3.05) is 5.32 Å². The van der Waals surface area contributed by atoms with Crippen LogP contribution in [0.4, 0.5) is 20.6 Å². The molecule has 1 aliphatic carbocycles. The molecule has 314 valence electrons. The summed E-state index contributed by atoms with van der Waals surface area (Å²) in [6.07, 6.45) is 6.36. The van der Waals surface area contributed by atoms with Gasteiger partial charge in [0.25, 0.3) is 0 Å². The van der Waals surface area contributed by atoms with E-state index in [2.05, 4.69) is 40.3 Å². The summed E-state index contributed by atoms with van der Waals surface area (Å²) in [5.41, 5.74) is 1.18. The first-order valence-corrected chi connectivity index (χ1v) is 21.5. The van der Waals surface area contributed by atoms with Crippen LogP contribution in [-0.2, 0) is 27.9 Å². The molecule has 1 heterocycles. The number of tetrazole rings is 1. The summed E-state index contributed by atoms with van der Waals surface area (Å²) in [4.78, 5) is 62.6. The molecule has 1 saturated carbocycles. The summed E-state index contributed by atoms with van der Waals surface area (Å²) in [5.74, 6) is -1.73. The summed E-state index contributed by atoms with van der Waals surface area (Å²) < 4.78 is 24.3. The number of carbonyl (C=O) groups is 4. The number of carbonyl (C=O) groups excluding carboxylic acids is 4. The molecule has 58 heavy (non-hydrogen) atoms. The predicted molar refractivity (Wildman–Crippen MR) is 210 cm³/mol. The molecule has 0 unspecified atom stereocenters. The molecule has 4 rings (SSSR count). The molecule has 0 bridgehead atoms. The van der Waals surface area contributed by atoms with Crippen LogP contribution >= 0.6 is 11.8 Å². The SMILES string of the molecule is CC(C)[C@H](NC(=O)OC(C)(C)C)C(=O)N[C@@H](C)C(=O)Nc1ccc(CN/C=C(\C=C(\F)[I-]NC(=O)c2cc([N+](=O)[O-])ccc2Sc2nnnn2C)C2CCCC2)cc1. The van der Waals surface area contributed by atoms with Crippen molar-refractivity contribution in [2.24, 2.45) is 18.9 Å². The number of rotatable bonds is 17. The van der Waals surface area contributed by atoms with Gasteiger partial charge in [0.15, 0.2) is 0 Å². The van der Waals surface area contributed by atoms with E-state index < -0.39 is 71.7 Å². The van der Waals surface area contributed by atoms with E-state index in [9.17, 15) is 29.3 Å². The first kappa shape index (κ1) is 45.6. The Bertz CT molecular complexity index is 2010. The van der Waals surface area contributed by atoms with Crippen LogP contribution < -0.4 is 46.3 Å². The van der Waals surface area contributed by atoms with Gasteiger partial charge in [-0.25, -0.2) is 4.79 Å². The predicted octanol–water partition coefficient (Wildman–Crippen LogP) is 2.67. The van der Waals surface area contributed by atoms with E-state index in [-0.39, 0.29) is 23.1 Å². The Morgan fingerprint density at radius 3 is 2.36 bits per heavy atom. The van der Waals surface area contributed by atoms with Gasteiger partial charge in [-0.15, -0.1) is 0 Å². The zero-order chi connectivity index (χ0) is 42.6. The maximum atomic E-state index is 15.5. The summed E-state index contributed by atoms with van der Waals surface area (Å²) in [6.45, 7) is 10.7. The molecule has 5 N–H and O–H groups in total. The number of non-ortho nitro benzene ring substituents is 1. The molecule has 0 spiro atoms. The number of halogens is 2. The van der Waals surface area contributed by atoms with Crippen LogP contribution in [0.5, 0.6) is 0 Å². The minimum absolute atomic E-state index is 0.0132. The monoisotopic (exact) mass is 935 g/mol. The van der Waals surface area contributed by atoms with Gasteiger partial charge in [0.2, 0.25) is 5.91 Å². The molecule has 4 amide bonds. The van der Waals surface area contributed by atoms with Gasteiger partial charge < -0.3 is 15.4 Å². The first-order chi connectivity index (χ1) is 27.4. The van der Waals surface area contributed by atoms with Crippen LogP contribution in [0.25, 0.3) is 0 Å². The van der Waals surface area contributed by atoms with E-state index in [1.54, 1.807) is 66.9 Å². The number of aromatic nitrogens is 4. The molecule has 3 aromatic rings. The maximum absolute atomic E-state index is 15.5. The van der Waals surface area contributed by atoms with Crippen LogP contribution in [-0.4, -0.2) is 66.6 Å². The molecule has 0 saturated heterocycles. The Kier molecular flexibility index (Phi) is 16.5. The third-order valence-electron chi connectivity index (χ3n) is 8.70. The summed E-state index contributed by atoms with van der Waals surface area (Å²) >= 11 is -0.565. The number of nitrogens with one attached hydrogen (secondary N) is 5. The second-order valence-electron chi connectivity index (χ2n) is 14.9. The fourth-order valence-electron chi connectivity index (χ4n) is 5.71. The standard InChI is InChI=1S/C38H49FIN10O7S/c1-22(2)32(44-37(54)57-38(4,5)6)35(53)42-23(3)33(51)43-27-14-12-24(13-15-27)20-41-21-26(25-10-8-9-11-25)18-31(39)40-45-34(52)29-19-28(50(55)56)16-17-30(29)58-36-46-47-48-49(36)7/h12-19,21-23,25,32,41H,8-11,20H2,1-7H3,(H,42,53)(H,43,51)(H,44,54)(H,45,52)/q-1/b26-21+,31-18-/t23-,32-/m0/s1. The van der Waals surface area contributed by atoms with Crippen molar-refractivity contribution in [3.05, 3.63) is 85.4 Å². The van der Waals surface area contributed by atoms with E-state index in [4.69, 9.17) is 4.74 Å². The van der Waals surface area contributed by atoms with Crippen LogP contribution in [0, 0.1) is 22.0 Å². The van der Waals surface area contributed by atoms with E-state index >= 15 is 4.39 Å². The number of nitrogens with zero attached hydrogens (tertiary/aromatic N) is 5. The molecule has 0 aliphatic heterocycles. The third-order valence-corrected chi connectivity index (χ3v) is 11.4. The van der Waals surface area contributed by atoms with E-state index in [1.165, 1.54) is 22.9 Å². The van der Waals surface area contributed by atoms with Gasteiger partial charge in [-0.3, -0.25) is 9.59 Å². The number of aryl methyl sites for hydroxylation is 1. The topological polar surface area (TPSA) is 224 Å². The van der Waals surface area contributed by atoms with Gasteiger partial charge in [0.1, 0.15) is 17.7 Å². The zero-order valence-electron chi connectivity index (χ0n) is 33.3. The molecule has 1 aromatic heterocycles. The van der Waals surface area contributed by atoms with E-state index in [0.717, 1.165) is 54.6 Å². The number of amides is 4. The number of hydrogen-bond acceptors (Lipinski definition) is 12. The molecule has 1 aliphatic rings. The fourth-order valence-corrected chi connectivity index (χ4v) is 7.86. The van der Waals surface area contributed by atoms with Gasteiger partial charge in [0, 0.05) is 0 Å². The van der Waals surface area contributed by atoms with Crippen LogP contribution in [0.2, 0.25) is 0 Å². The van der Waals surface area contributed by atoms with Crippen molar-refractivity contribution < 1.29 is 54.7 Å². The normalized spacial score (nSPS) is 14.8. The average molecular weight is 936 g/mol. The van der Waals surface area contributed by atoms with E-state index in [0.29, 0.717) is 22.3 Å². The second-order valence-corrected chi connectivity index (χ2v) is 18.0.